The van der Waals surface area contributed by atoms with Gasteiger partial charge in [0.15, 0.2) is 0 Å². The Morgan fingerprint density at radius 2 is 2.31 bits per heavy atom. The van der Waals surface area contributed by atoms with E-state index in [1.54, 1.807) is 6.07 Å². The number of aryl methyl sites for hydroxylation is 1. The van der Waals surface area contributed by atoms with Crippen molar-refractivity contribution < 1.29 is 9.18 Å². The molecule has 0 aliphatic rings. The topological polar surface area (TPSA) is 55.1 Å². The molecule has 3 nitrogen and oxygen atoms in total. The molecule has 0 aliphatic carbocycles. The fourth-order valence-electron chi connectivity index (χ4n) is 1.16. The Morgan fingerprint density at radius 1 is 1.56 bits per heavy atom. The average molecular weight is 242 g/mol. The van der Waals surface area contributed by atoms with Crippen LogP contribution in [0.2, 0.25) is 0 Å². The third-order valence-electron chi connectivity index (χ3n) is 1.97. The van der Waals surface area contributed by atoms with E-state index in [1.165, 1.54) is 23.9 Å². The van der Waals surface area contributed by atoms with Gasteiger partial charge in [-0.3, -0.25) is 4.79 Å². The largest absolute Gasteiger partial charge is 0.330 e. The molecule has 0 spiro atoms. The first-order chi connectivity index (χ1) is 7.63. The minimum atomic E-state index is -0.351. The maximum absolute atomic E-state index is 12.9. The van der Waals surface area contributed by atoms with Gasteiger partial charge in [0, 0.05) is 18.0 Å². The Labute approximate surface area is 98.6 Å². The summed E-state index contributed by atoms with van der Waals surface area (Å²) in [6, 6.07) is 4.33. The lowest BCUT2D eigenvalue weighted by Gasteiger charge is -2.07. The Balaban J connectivity index is 2.52. The number of carbonyl (C=O) groups excluding carboxylic acids is 1. The van der Waals surface area contributed by atoms with Crippen LogP contribution in [0.3, 0.4) is 0 Å². The van der Waals surface area contributed by atoms with Crippen LogP contribution in [-0.2, 0) is 4.79 Å². The van der Waals surface area contributed by atoms with Crippen LogP contribution in [-0.4, -0.2) is 24.0 Å². The first-order valence-corrected chi connectivity index (χ1v) is 6.12. The number of hydrogen-bond donors (Lipinski definition) is 2. The highest BCUT2D eigenvalue weighted by atomic mass is 32.2. The van der Waals surface area contributed by atoms with Crippen molar-refractivity contribution in [1.82, 2.24) is 0 Å². The van der Waals surface area contributed by atoms with Crippen molar-refractivity contribution in [2.45, 2.75) is 6.92 Å². The van der Waals surface area contributed by atoms with E-state index in [0.717, 1.165) is 11.3 Å². The number of benzene rings is 1. The van der Waals surface area contributed by atoms with Crippen LogP contribution in [0.15, 0.2) is 18.2 Å². The lowest BCUT2D eigenvalue weighted by molar-refractivity contribution is -0.113. The second-order valence-electron chi connectivity index (χ2n) is 3.35. The van der Waals surface area contributed by atoms with Crippen molar-refractivity contribution in [1.29, 1.82) is 0 Å². The molecule has 0 bridgehead atoms. The Bertz CT molecular complexity index is 371. The van der Waals surface area contributed by atoms with E-state index in [4.69, 9.17) is 5.73 Å². The van der Waals surface area contributed by atoms with Crippen molar-refractivity contribution in [2.75, 3.05) is 23.4 Å². The summed E-state index contributed by atoms with van der Waals surface area (Å²) in [5.41, 5.74) is 6.68. The summed E-state index contributed by atoms with van der Waals surface area (Å²) < 4.78 is 12.9. The Morgan fingerprint density at radius 3 is 3.00 bits per heavy atom. The molecule has 0 saturated carbocycles. The molecule has 1 rings (SSSR count). The summed E-state index contributed by atoms with van der Waals surface area (Å²) in [7, 11) is 0. The van der Waals surface area contributed by atoms with Crippen LogP contribution in [0.25, 0.3) is 0 Å². The number of nitrogens with two attached hydrogens (primary N) is 1. The molecule has 0 aliphatic heterocycles. The lowest BCUT2D eigenvalue weighted by atomic mass is 10.2. The molecular formula is C11H15FN2OS. The summed E-state index contributed by atoms with van der Waals surface area (Å²) in [6.45, 7) is 2.37. The van der Waals surface area contributed by atoms with Gasteiger partial charge in [-0.1, -0.05) is 6.07 Å². The highest BCUT2D eigenvalue weighted by Gasteiger charge is 2.05. The van der Waals surface area contributed by atoms with Gasteiger partial charge in [0.1, 0.15) is 5.82 Å². The number of anilines is 1. The molecule has 3 N–H and O–H groups in total. The molecule has 1 aromatic carbocycles. The van der Waals surface area contributed by atoms with Crippen molar-refractivity contribution in [3.63, 3.8) is 0 Å². The summed E-state index contributed by atoms with van der Waals surface area (Å²) in [4.78, 5) is 11.5. The molecule has 0 radical (unpaired) electrons. The molecule has 0 aromatic heterocycles. The minimum absolute atomic E-state index is 0.132. The molecular weight excluding hydrogens is 227 g/mol. The third-order valence-corrected chi connectivity index (χ3v) is 2.96. The molecule has 0 saturated heterocycles. The van der Waals surface area contributed by atoms with Gasteiger partial charge in [0.05, 0.1) is 5.75 Å². The summed E-state index contributed by atoms with van der Waals surface area (Å²) >= 11 is 1.46. The molecule has 0 fully saturated rings. The van der Waals surface area contributed by atoms with Crippen LogP contribution in [0, 0.1) is 12.7 Å². The normalized spacial score (nSPS) is 10.2. The van der Waals surface area contributed by atoms with Gasteiger partial charge in [0.2, 0.25) is 5.91 Å². The zero-order valence-electron chi connectivity index (χ0n) is 9.13. The van der Waals surface area contributed by atoms with Crippen molar-refractivity contribution >= 4 is 23.4 Å². The molecule has 88 valence electrons. The fourth-order valence-corrected chi connectivity index (χ4v) is 1.73. The van der Waals surface area contributed by atoms with Gasteiger partial charge in [0.25, 0.3) is 0 Å². The van der Waals surface area contributed by atoms with Gasteiger partial charge < -0.3 is 11.1 Å². The molecule has 0 heterocycles. The van der Waals surface area contributed by atoms with Crippen molar-refractivity contribution in [3.8, 4) is 0 Å². The number of carbonyl (C=O) groups is 1. The molecule has 16 heavy (non-hydrogen) atoms. The van der Waals surface area contributed by atoms with E-state index in [9.17, 15) is 9.18 Å². The number of halogens is 1. The van der Waals surface area contributed by atoms with Crippen LogP contribution in [0.4, 0.5) is 10.1 Å². The molecule has 0 atom stereocenters. The fraction of sp³-hybridized carbons (Fsp3) is 0.364. The van der Waals surface area contributed by atoms with Crippen molar-refractivity contribution in [2.24, 2.45) is 5.73 Å². The first-order valence-electron chi connectivity index (χ1n) is 4.97. The third kappa shape index (κ3) is 4.20. The van der Waals surface area contributed by atoms with E-state index >= 15 is 0 Å². The molecule has 1 amide bonds. The van der Waals surface area contributed by atoms with Crippen LogP contribution in [0.5, 0.6) is 0 Å². The quantitative estimate of drug-likeness (QED) is 0.774. The summed E-state index contributed by atoms with van der Waals surface area (Å²) in [5.74, 6) is 0.602. The monoisotopic (exact) mass is 242 g/mol. The van der Waals surface area contributed by atoms with Crippen LogP contribution < -0.4 is 11.1 Å². The standard InChI is InChI=1S/C11H15FN2OS/c1-8-2-3-9(12)6-10(8)14-11(15)7-16-5-4-13/h2-3,6H,4-5,7,13H2,1H3,(H,14,15). The van der Waals surface area contributed by atoms with Crippen molar-refractivity contribution in [3.05, 3.63) is 29.6 Å². The number of amides is 1. The second-order valence-corrected chi connectivity index (χ2v) is 4.45. The predicted octanol–water partition coefficient (Wildman–Crippen LogP) is 1.76. The minimum Gasteiger partial charge on any atom is -0.330 e. The van der Waals surface area contributed by atoms with Crippen LogP contribution >= 0.6 is 11.8 Å². The zero-order valence-corrected chi connectivity index (χ0v) is 9.94. The highest BCUT2D eigenvalue weighted by molar-refractivity contribution is 7.99. The van der Waals surface area contributed by atoms with Gasteiger partial charge >= 0.3 is 0 Å². The summed E-state index contributed by atoms with van der Waals surface area (Å²) in [6.07, 6.45) is 0. The van der Waals surface area contributed by atoms with Gasteiger partial charge in [-0.25, -0.2) is 4.39 Å². The first kappa shape index (κ1) is 13.0. The second kappa shape index (κ2) is 6.50. The zero-order chi connectivity index (χ0) is 12.0. The molecule has 5 heteroatoms. The SMILES string of the molecule is Cc1ccc(F)cc1NC(=O)CSCCN. The van der Waals surface area contributed by atoms with Gasteiger partial charge in [-0.15, -0.1) is 0 Å². The Hall–Kier alpha value is -1.07. The average Bonchev–Trinajstić information content (AvgIpc) is 2.24. The van der Waals surface area contributed by atoms with Gasteiger partial charge in [-0.2, -0.15) is 11.8 Å². The van der Waals surface area contributed by atoms with E-state index in [0.29, 0.717) is 18.0 Å². The van der Waals surface area contributed by atoms with E-state index in [-0.39, 0.29) is 11.7 Å². The lowest BCUT2D eigenvalue weighted by Crippen LogP contribution is -2.16. The maximum atomic E-state index is 12.9. The molecule has 1 aromatic rings. The Kier molecular flexibility index (Phi) is 5.28. The van der Waals surface area contributed by atoms with E-state index < -0.39 is 0 Å². The maximum Gasteiger partial charge on any atom is 0.234 e. The number of thioether (sulfide) groups is 1. The van der Waals surface area contributed by atoms with E-state index in [2.05, 4.69) is 5.32 Å². The van der Waals surface area contributed by atoms with E-state index in [1.807, 2.05) is 6.92 Å². The number of hydrogen-bond acceptors (Lipinski definition) is 3. The van der Waals surface area contributed by atoms with Gasteiger partial charge in [-0.05, 0) is 24.6 Å². The number of nitrogens with one attached hydrogen (secondary N) is 1. The van der Waals surface area contributed by atoms with Crippen LogP contribution in [0.1, 0.15) is 5.56 Å². The summed E-state index contributed by atoms with van der Waals surface area (Å²) in [5, 5.41) is 2.67. The number of rotatable bonds is 5. The smallest absolute Gasteiger partial charge is 0.234 e. The highest BCUT2D eigenvalue weighted by Crippen LogP contribution is 2.16. The molecule has 0 unspecified atom stereocenters. The predicted molar refractivity (Wildman–Crippen MR) is 66.1 cm³/mol.